The van der Waals surface area contributed by atoms with Crippen LogP contribution in [-0.4, -0.2) is 65.1 Å². The molecule has 8 heteroatoms. The third kappa shape index (κ3) is 4.38. The van der Waals surface area contributed by atoms with Gasteiger partial charge in [0.2, 0.25) is 5.78 Å². The lowest BCUT2D eigenvalue weighted by atomic mass is 10.1. The van der Waals surface area contributed by atoms with Crippen molar-refractivity contribution < 1.29 is 9.90 Å². The highest BCUT2D eigenvalue weighted by atomic mass is 79.9. The van der Waals surface area contributed by atoms with E-state index >= 15 is 0 Å². The predicted molar refractivity (Wildman–Crippen MR) is 104 cm³/mol. The SMILES string of the molecule is Nc1ncc(Br)cc1C(=O)c1cccc(N2CCCN(CCO)CC2)n1. The summed E-state index contributed by atoms with van der Waals surface area (Å²) >= 11 is 3.32. The molecule has 2 aromatic rings. The minimum absolute atomic E-state index is 0.171. The highest BCUT2D eigenvalue weighted by Crippen LogP contribution is 2.20. The van der Waals surface area contributed by atoms with Gasteiger partial charge in [0.25, 0.3) is 0 Å². The molecule has 0 radical (unpaired) electrons. The molecule has 138 valence electrons. The van der Waals surface area contributed by atoms with Gasteiger partial charge in [0.05, 0.1) is 12.2 Å². The molecule has 3 rings (SSSR count). The summed E-state index contributed by atoms with van der Waals surface area (Å²) in [4.78, 5) is 25.8. The van der Waals surface area contributed by atoms with Crippen LogP contribution in [0.5, 0.6) is 0 Å². The predicted octanol–water partition coefficient (Wildman–Crippen LogP) is 1.56. The van der Waals surface area contributed by atoms with Crippen molar-refractivity contribution in [2.45, 2.75) is 6.42 Å². The number of hydrogen-bond acceptors (Lipinski definition) is 7. The Hall–Kier alpha value is -2.03. The molecule has 1 saturated heterocycles. The normalized spacial score (nSPS) is 15.7. The maximum absolute atomic E-state index is 12.8. The fourth-order valence-corrected chi connectivity index (χ4v) is 3.39. The number of aliphatic hydroxyl groups excluding tert-OH is 1. The van der Waals surface area contributed by atoms with Gasteiger partial charge in [-0.2, -0.15) is 0 Å². The highest BCUT2D eigenvalue weighted by molar-refractivity contribution is 9.10. The first-order chi connectivity index (χ1) is 12.6. The van der Waals surface area contributed by atoms with Crippen LogP contribution in [0.15, 0.2) is 34.9 Å². The molecule has 1 aliphatic rings. The molecule has 0 atom stereocenters. The minimum atomic E-state index is -0.241. The number of hydrogen-bond donors (Lipinski definition) is 2. The van der Waals surface area contributed by atoms with Gasteiger partial charge in [-0.3, -0.25) is 9.69 Å². The topological polar surface area (TPSA) is 95.6 Å². The van der Waals surface area contributed by atoms with Crippen LogP contribution in [0.1, 0.15) is 22.5 Å². The molecular weight excluding hydrogens is 398 g/mol. The number of pyridine rings is 2. The van der Waals surface area contributed by atoms with Gasteiger partial charge in [0.1, 0.15) is 17.3 Å². The molecular formula is C18H22BrN5O2. The number of carbonyl (C=O) groups is 1. The molecule has 3 heterocycles. The molecule has 1 aliphatic heterocycles. The second-order valence-electron chi connectivity index (χ2n) is 6.20. The number of anilines is 2. The summed E-state index contributed by atoms with van der Waals surface area (Å²) in [6.45, 7) is 4.36. The van der Waals surface area contributed by atoms with Crippen molar-refractivity contribution in [3.63, 3.8) is 0 Å². The second-order valence-corrected chi connectivity index (χ2v) is 7.12. The zero-order valence-electron chi connectivity index (χ0n) is 14.4. The summed E-state index contributed by atoms with van der Waals surface area (Å²) in [5, 5.41) is 9.12. The van der Waals surface area contributed by atoms with Crippen molar-refractivity contribution >= 4 is 33.3 Å². The number of nitrogens with two attached hydrogens (primary N) is 1. The van der Waals surface area contributed by atoms with Gasteiger partial charge >= 0.3 is 0 Å². The van der Waals surface area contributed by atoms with E-state index in [1.165, 1.54) is 0 Å². The Morgan fingerprint density at radius 1 is 1.27 bits per heavy atom. The summed E-state index contributed by atoms with van der Waals surface area (Å²) in [5.41, 5.74) is 6.55. The Morgan fingerprint density at radius 2 is 2.12 bits per heavy atom. The summed E-state index contributed by atoms with van der Waals surface area (Å²) in [6.07, 6.45) is 2.55. The Balaban J connectivity index is 1.80. The molecule has 0 saturated carbocycles. The molecule has 0 spiro atoms. The Kier molecular flexibility index (Phi) is 6.18. The number of aliphatic hydroxyl groups is 1. The molecule has 1 fully saturated rings. The zero-order chi connectivity index (χ0) is 18.5. The molecule has 0 amide bonds. The quantitative estimate of drug-likeness (QED) is 0.709. The largest absolute Gasteiger partial charge is 0.395 e. The lowest BCUT2D eigenvalue weighted by Gasteiger charge is -2.22. The average Bonchev–Trinajstić information content (AvgIpc) is 2.89. The van der Waals surface area contributed by atoms with E-state index in [-0.39, 0.29) is 18.2 Å². The zero-order valence-corrected chi connectivity index (χ0v) is 16.0. The van der Waals surface area contributed by atoms with Crippen LogP contribution in [0.25, 0.3) is 0 Å². The van der Waals surface area contributed by atoms with Gasteiger partial charge in [-0.15, -0.1) is 0 Å². The van der Waals surface area contributed by atoms with E-state index in [0.717, 1.165) is 38.4 Å². The van der Waals surface area contributed by atoms with Crippen molar-refractivity contribution in [2.75, 3.05) is 50.0 Å². The number of nitrogen functional groups attached to an aromatic ring is 1. The number of halogens is 1. The Morgan fingerprint density at radius 3 is 2.92 bits per heavy atom. The molecule has 0 unspecified atom stereocenters. The van der Waals surface area contributed by atoms with Crippen LogP contribution in [0.2, 0.25) is 0 Å². The Bertz CT molecular complexity index is 786. The Labute approximate surface area is 161 Å². The van der Waals surface area contributed by atoms with Gasteiger partial charge < -0.3 is 15.7 Å². The molecule has 7 nitrogen and oxygen atoms in total. The van der Waals surface area contributed by atoms with Gasteiger partial charge in [0, 0.05) is 36.8 Å². The number of aromatic nitrogens is 2. The molecule has 0 bridgehead atoms. The van der Waals surface area contributed by atoms with E-state index in [0.29, 0.717) is 22.3 Å². The standard InChI is InChI=1S/C18H22BrN5O2/c19-13-11-14(18(20)21-12-13)17(26)15-3-1-4-16(22-15)24-6-2-5-23(7-8-24)9-10-25/h1,3-4,11-12,25H,2,5-10H2,(H2,20,21). The minimum Gasteiger partial charge on any atom is -0.395 e. The van der Waals surface area contributed by atoms with Gasteiger partial charge in [-0.05, 0) is 47.1 Å². The van der Waals surface area contributed by atoms with Crippen molar-refractivity contribution in [3.05, 3.63) is 46.2 Å². The molecule has 26 heavy (non-hydrogen) atoms. The lowest BCUT2D eigenvalue weighted by Crippen LogP contribution is -2.32. The molecule has 0 aliphatic carbocycles. The summed E-state index contributed by atoms with van der Waals surface area (Å²) < 4.78 is 0.697. The van der Waals surface area contributed by atoms with Crippen LogP contribution in [0, 0.1) is 0 Å². The third-order valence-corrected chi connectivity index (χ3v) is 4.86. The highest BCUT2D eigenvalue weighted by Gasteiger charge is 2.19. The van der Waals surface area contributed by atoms with Crippen molar-refractivity contribution in [1.29, 1.82) is 0 Å². The summed E-state index contributed by atoms with van der Waals surface area (Å²) in [6, 6.07) is 7.12. The van der Waals surface area contributed by atoms with Crippen molar-refractivity contribution in [2.24, 2.45) is 0 Å². The third-order valence-electron chi connectivity index (χ3n) is 4.43. The smallest absolute Gasteiger partial charge is 0.215 e. The lowest BCUT2D eigenvalue weighted by molar-refractivity contribution is 0.103. The fraction of sp³-hybridized carbons (Fsp3) is 0.389. The fourth-order valence-electron chi connectivity index (χ4n) is 3.06. The van der Waals surface area contributed by atoms with Crippen LogP contribution >= 0.6 is 15.9 Å². The van der Waals surface area contributed by atoms with E-state index in [2.05, 4.69) is 35.7 Å². The summed E-state index contributed by atoms with van der Waals surface area (Å²) in [5.74, 6) is 0.734. The summed E-state index contributed by atoms with van der Waals surface area (Å²) in [7, 11) is 0. The average molecular weight is 420 g/mol. The van der Waals surface area contributed by atoms with Crippen LogP contribution in [-0.2, 0) is 0 Å². The van der Waals surface area contributed by atoms with Crippen molar-refractivity contribution in [3.8, 4) is 0 Å². The second kappa shape index (κ2) is 8.57. The van der Waals surface area contributed by atoms with Crippen LogP contribution in [0.3, 0.4) is 0 Å². The van der Waals surface area contributed by atoms with Gasteiger partial charge in [-0.25, -0.2) is 9.97 Å². The van der Waals surface area contributed by atoms with Gasteiger partial charge in [-0.1, -0.05) is 6.07 Å². The molecule has 2 aromatic heterocycles. The number of β-amino-alcohol motifs (C(OH)–C–C–N with tert-alkyl or cyclic N) is 1. The van der Waals surface area contributed by atoms with Crippen molar-refractivity contribution in [1.82, 2.24) is 14.9 Å². The number of nitrogens with zero attached hydrogens (tertiary/aromatic N) is 4. The first-order valence-electron chi connectivity index (χ1n) is 8.59. The van der Waals surface area contributed by atoms with Crippen LogP contribution < -0.4 is 10.6 Å². The van der Waals surface area contributed by atoms with Gasteiger partial charge in [0.15, 0.2) is 0 Å². The first-order valence-corrected chi connectivity index (χ1v) is 9.38. The van der Waals surface area contributed by atoms with E-state index in [9.17, 15) is 4.79 Å². The number of rotatable bonds is 5. The monoisotopic (exact) mass is 419 g/mol. The maximum atomic E-state index is 12.8. The van der Waals surface area contributed by atoms with E-state index in [1.807, 2.05) is 12.1 Å². The number of ketones is 1. The van der Waals surface area contributed by atoms with E-state index < -0.39 is 0 Å². The number of carbonyl (C=O) groups excluding carboxylic acids is 1. The van der Waals surface area contributed by atoms with E-state index in [4.69, 9.17) is 10.8 Å². The maximum Gasteiger partial charge on any atom is 0.215 e. The molecule has 3 N–H and O–H groups in total. The molecule has 0 aromatic carbocycles. The first kappa shape index (κ1) is 18.8. The van der Waals surface area contributed by atoms with Crippen LogP contribution in [0.4, 0.5) is 11.6 Å². The van der Waals surface area contributed by atoms with E-state index in [1.54, 1.807) is 18.3 Å².